The summed E-state index contributed by atoms with van der Waals surface area (Å²) >= 11 is 0. The maximum absolute atomic E-state index is 12.2. The Morgan fingerprint density at radius 2 is 1.52 bits per heavy atom. The predicted molar refractivity (Wildman–Crippen MR) is 89.1 cm³/mol. The van der Waals surface area contributed by atoms with Crippen LogP contribution in [-0.2, 0) is 4.79 Å². The van der Waals surface area contributed by atoms with Gasteiger partial charge in [-0.2, -0.15) is 0 Å². The van der Waals surface area contributed by atoms with Gasteiger partial charge in [-0.3, -0.25) is 4.79 Å². The number of carbonyl (C=O) groups is 1. The molecule has 0 radical (unpaired) electrons. The number of carbonyl (C=O) groups excluding carboxylic acids is 1. The van der Waals surface area contributed by atoms with Crippen molar-refractivity contribution in [3.8, 4) is 11.1 Å². The highest BCUT2D eigenvalue weighted by atomic mass is 16.1. The van der Waals surface area contributed by atoms with Gasteiger partial charge in [-0.1, -0.05) is 69.7 Å². The van der Waals surface area contributed by atoms with Crippen LogP contribution in [0, 0.1) is 11.8 Å². The SMILES string of the molecule is CCC(C)C(C)C(=O)Nc1ccc(-c2ccccc2)cc1. The second-order valence-electron chi connectivity index (χ2n) is 5.61. The fourth-order valence-electron chi connectivity index (χ4n) is 2.24. The number of amides is 1. The van der Waals surface area contributed by atoms with Gasteiger partial charge in [0.1, 0.15) is 0 Å². The lowest BCUT2D eigenvalue weighted by atomic mass is 9.93. The zero-order chi connectivity index (χ0) is 15.2. The Balaban J connectivity index is 2.05. The Bertz CT molecular complexity index is 574. The van der Waals surface area contributed by atoms with E-state index in [-0.39, 0.29) is 11.8 Å². The number of hydrogen-bond acceptors (Lipinski definition) is 1. The van der Waals surface area contributed by atoms with Crippen molar-refractivity contribution in [1.82, 2.24) is 0 Å². The van der Waals surface area contributed by atoms with Crippen LogP contribution in [0.1, 0.15) is 27.2 Å². The van der Waals surface area contributed by atoms with E-state index in [4.69, 9.17) is 0 Å². The number of anilines is 1. The van der Waals surface area contributed by atoms with Crippen molar-refractivity contribution in [3.63, 3.8) is 0 Å². The maximum Gasteiger partial charge on any atom is 0.227 e. The summed E-state index contributed by atoms with van der Waals surface area (Å²) in [4.78, 5) is 12.2. The van der Waals surface area contributed by atoms with Crippen molar-refractivity contribution < 1.29 is 4.79 Å². The summed E-state index contributed by atoms with van der Waals surface area (Å²) < 4.78 is 0. The Labute approximate surface area is 127 Å². The highest BCUT2D eigenvalue weighted by Gasteiger charge is 2.18. The van der Waals surface area contributed by atoms with E-state index < -0.39 is 0 Å². The Hall–Kier alpha value is -2.09. The van der Waals surface area contributed by atoms with Crippen LogP contribution < -0.4 is 5.32 Å². The largest absolute Gasteiger partial charge is 0.326 e. The molecular formula is C19H23NO. The smallest absolute Gasteiger partial charge is 0.227 e. The van der Waals surface area contributed by atoms with E-state index in [1.54, 1.807) is 0 Å². The molecule has 2 heteroatoms. The summed E-state index contributed by atoms with van der Waals surface area (Å²) in [5.41, 5.74) is 3.20. The third-order valence-electron chi connectivity index (χ3n) is 4.17. The third kappa shape index (κ3) is 3.94. The second-order valence-corrected chi connectivity index (χ2v) is 5.61. The minimum Gasteiger partial charge on any atom is -0.326 e. The predicted octanol–water partition coefficient (Wildman–Crippen LogP) is 4.97. The zero-order valence-electron chi connectivity index (χ0n) is 13.0. The Morgan fingerprint density at radius 3 is 2.10 bits per heavy atom. The summed E-state index contributed by atoms with van der Waals surface area (Å²) in [6, 6.07) is 18.2. The molecular weight excluding hydrogens is 258 g/mol. The van der Waals surface area contributed by atoms with Crippen molar-refractivity contribution in [2.45, 2.75) is 27.2 Å². The summed E-state index contributed by atoms with van der Waals surface area (Å²) in [6.07, 6.45) is 1.02. The van der Waals surface area contributed by atoms with Crippen molar-refractivity contribution in [2.24, 2.45) is 11.8 Å². The van der Waals surface area contributed by atoms with E-state index in [2.05, 4.69) is 31.3 Å². The third-order valence-corrected chi connectivity index (χ3v) is 4.17. The number of nitrogens with one attached hydrogen (secondary N) is 1. The first kappa shape index (κ1) is 15.3. The van der Waals surface area contributed by atoms with Crippen LogP contribution in [0.3, 0.4) is 0 Å². The highest BCUT2D eigenvalue weighted by molar-refractivity contribution is 5.92. The lowest BCUT2D eigenvalue weighted by molar-refractivity contribution is -0.120. The summed E-state index contributed by atoms with van der Waals surface area (Å²) in [5, 5.41) is 3.00. The molecule has 0 aliphatic heterocycles. The van der Waals surface area contributed by atoms with Crippen molar-refractivity contribution >= 4 is 11.6 Å². The van der Waals surface area contributed by atoms with Crippen LogP contribution in [0.4, 0.5) is 5.69 Å². The normalized spacial score (nSPS) is 13.5. The van der Waals surface area contributed by atoms with E-state index in [1.807, 2.05) is 49.4 Å². The standard InChI is InChI=1S/C19H23NO/c1-4-14(2)15(3)19(21)20-18-12-10-17(11-13-18)16-8-6-5-7-9-16/h5-15H,4H2,1-3H3,(H,20,21). The van der Waals surface area contributed by atoms with E-state index in [0.29, 0.717) is 5.92 Å². The molecule has 0 aliphatic rings. The lowest BCUT2D eigenvalue weighted by Gasteiger charge is -2.17. The fourth-order valence-corrected chi connectivity index (χ4v) is 2.24. The van der Waals surface area contributed by atoms with Gasteiger partial charge in [0, 0.05) is 11.6 Å². The fraction of sp³-hybridized carbons (Fsp3) is 0.316. The van der Waals surface area contributed by atoms with Gasteiger partial charge in [0.25, 0.3) is 0 Å². The molecule has 2 rings (SSSR count). The van der Waals surface area contributed by atoms with Crippen LogP contribution in [-0.4, -0.2) is 5.91 Å². The highest BCUT2D eigenvalue weighted by Crippen LogP contribution is 2.22. The van der Waals surface area contributed by atoms with Gasteiger partial charge in [-0.25, -0.2) is 0 Å². The summed E-state index contributed by atoms with van der Waals surface area (Å²) in [7, 11) is 0. The molecule has 1 amide bonds. The van der Waals surface area contributed by atoms with Crippen LogP contribution in [0.15, 0.2) is 54.6 Å². The first-order valence-corrected chi connectivity index (χ1v) is 7.58. The number of hydrogen-bond donors (Lipinski definition) is 1. The van der Waals surface area contributed by atoms with Gasteiger partial charge in [-0.15, -0.1) is 0 Å². The van der Waals surface area contributed by atoms with Gasteiger partial charge in [0.15, 0.2) is 0 Å². The Kier molecular flexibility index (Phi) is 5.15. The van der Waals surface area contributed by atoms with E-state index >= 15 is 0 Å². The average molecular weight is 281 g/mol. The van der Waals surface area contributed by atoms with Crippen LogP contribution in [0.5, 0.6) is 0 Å². The topological polar surface area (TPSA) is 29.1 Å². The van der Waals surface area contributed by atoms with E-state index in [9.17, 15) is 4.79 Å². The van der Waals surface area contributed by atoms with Gasteiger partial charge >= 0.3 is 0 Å². The summed E-state index contributed by atoms with van der Waals surface area (Å²) in [5.74, 6) is 0.522. The number of rotatable bonds is 5. The van der Waals surface area contributed by atoms with E-state index in [0.717, 1.165) is 17.7 Å². The Morgan fingerprint density at radius 1 is 0.952 bits per heavy atom. The molecule has 2 unspecified atom stereocenters. The quantitative estimate of drug-likeness (QED) is 0.823. The molecule has 2 aromatic carbocycles. The molecule has 0 aliphatic carbocycles. The van der Waals surface area contributed by atoms with Gasteiger partial charge in [0.05, 0.1) is 0 Å². The van der Waals surface area contributed by atoms with Crippen molar-refractivity contribution in [3.05, 3.63) is 54.6 Å². The van der Waals surface area contributed by atoms with Crippen molar-refractivity contribution in [2.75, 3.05) is 5.32 Å². The molecule has 0 fully saturated rings. The molecule has 110 valence electrons. The molecule has 21 heavy (non-hydrogen) atoms. The van der Waals surface area contributed by atoms with Crippen LogP contribution >= 0.6 is 0 Å². The first-order chi connectivity index (χ1) is 10.1. The zero-order valence-corrected chi connectivity index (χ0v) is 13.0. The minimum absolute atomic E-state index is 0.0313. The molecule has 2 nitrogen and oxygen atoms in total. The van der Waals surface area contributed by atoms with Gasteiger partial charge in [-0.05, 0) is 29.2 Å². The van der Waals surface area contributed by atoms with Crippen LogP contribution in [0.25, 0.3) is 11.1 Å². The molecule has 2 aromatic rings. The molecule has 0 spiro atoms. The minimum atomic E-state index is 0.0313. The lowest BCUT2D eigenvalue weighted by Crippen LogP contribution is -2.25. The monoisotopic (exact) mass is 281 g/mol. The molecule has 0 bridgehead atoms. The first-order valence-electron chi connectivity index (χ1n) is 7.58. The summed E-state index contributed by atoms with van der Waals surface area (Å²) in [6.45, 7) is 6.22. The van der Waals surface area contributed by atoms with Crippen molar-refractivity contribution in [1.29, 1.82) is 0 Å². The second kappa shape index (κ2) is 7.07. The molecule has 2 atom stereocenters. The molecule has 0 saturated carbocycles. The molecule has 0 aromatic heterocycles. The van der Waals surface area contributed by atoms with E-state index in [1.165, 1.54) is 5.56 Å². The molecule has 1 N–H and O–H groups in total. The average Bonchev–Trinajstić information content (AvgIpc) is 2.54. The van der Waals surface area contributed by atoms with Gasteiger partial charge < -0.3 is 5.32 Å². The van der Waals surface area contributed by atoms with Gasteiger partial charge in [0.2, 0.25) is 5.91 Å². The van der Waals surface area contributed by atoms with Crippen LogP contribution in [0.2, 0.25) is 0 Å². The molecule has 0 saturated heterocycles. The maximum atomic E-state index is 12.2. The molecule has 0 heterocycles. The number of benzene rings is 2.